The molecule has 0 saturated heterocycles. The highest BCUT2D eigenvalue weighted by Crippen LogP contribution is 2.15. The van der Waals surface area contributed by atoms with E-state index < -0.39 is 0 Å². The summed E-state index contributed by atoms with van der Waals surface area (Å²) in [5, 5.41) is 4.33. The number of halogens is 2. The summed E-state index contributed by atoms with van der Waals surface area (Å²) in [5.41, 5.74) is 2.77. The van der Waals surface area contributed by atoms with E-state index in [1.807, 2.05) is 37.3 Å². The normalized spacial score (nSPS) is 12.0. The van der Waals surface area contributed by atoms with E-state index in [0.29, 0.717) is 15.9 Å². The molecule has 0 saturated carbocycles. The van der Waals surface area contributed by atoms with Crippen LogP contribution in [-0.2, 0) is 6.42 Å². The highest BCUT2D eigenvalue weighted by molar-refractivity contribution is 9.09. The maximum Gasteiger partial charge on any atom is 0.251 e. The molecule has 0 radical (unpaired) electrons. The van der Waals surface area contributed by atoms with Gasteiger partial charge in [0.1, 0.15) is 0 Å². The molecule has 1 unspecified atom stereocenters. The zero-order valence-corrected chi connectivity index (χ0v) is 14.1. The first-order valence-electron chi connectivity index (χ1n) is 6.76. The Kier molecular flexibility index (Phi) is 5.83. The summed E-state index contributed by atoms with van der Waals surface area (Å²) in [6.45, 7) is 1.93. The SMILES string of the molecule is Cc1cc(Cl)cc(C(=O)NC(CBr)Cc2ccccc2)c1. The first-order valence-corrected chi connectivity index (χ1v) is 8.26. The van der Waals surface area contributed by atoms with Crippen LogP contribution in [0.1, 0.15) is 21.5 Å². The Morgan fingerprint density at radius 3 is 2.57 bits per heavy atom. The maximum absolute atomic E-state index is 12.3. The lowest BCUT2D eigenvalue weighted by Crippen LogP contribution is -2.37. The summed E-state index contributed by atoms with van der Waals surface area (Å²) < 4.78 is 0. The molecule has 0 aliphatic rings. The Morgan fingerprint density at radius 1 is 1.24 bits per heavy atom. The zero-order chi connectivity index (χ0) is 15.2. The van der Waals surface area contributed by atoms with Gasteiger partial charge in [-0.2, -0.15) is 0 Å². The molecule has 0 bridgehead atoms. The van der Waals surface area contributed by atoms with Crippen LogP contribution in [0.5, 0.6) is 0 Å². The predicted octanol–water partition coefficient (Wildman–Crippen LogP) is 4.38. The van der Waals surface area contributed by atoms with Gasteiger partial charge in [0.05, 0.1) is 0 Å². The number of aryl methyl sites for hydroxylation is 1. The summed E-state index contributed by atoms with van der Waals surface area (Å²) in [7, 11) is 0. The third-order valence-corrected chi connectivity index (χ3v) is 4.15. The van der Waals surface area contributed by atoms with Gasteiger partial charge in [-0.25, -0.2) is 0 Å². The number of carbonyl (C=O) groups is 1. The molecule has 21 heavy (non-hydrogen) atoms. The van der Waals surface area contributed by atoms with Gasteiger partial charge in [-0.05, 0) is 42.7 Å². The first-order chi connectivity index (χ1) is 10.1. The molecule has 2 rings (SSSR count). The molecule has 0 aromatic heterocycles. The minimum absolute atomic E-state index is 0.0409. The van der Waals surface area contributed by atoms with Gasteiger partial charge < -0.3 is 5.32 Å². The Bertz CT molecular complexity index is 595. The summed E-state index contributed by atoms with van der Waals surface area (Å²) in [5.74, 6) is -0.0963. The van der Waals surface area contributed by atoms with Crippen LogP contribution in [0.3, 0.4) is 0 Å². The van der Waals surface area contributed by atoms with Crippen LogP contribution < -0.4 is 5.32 Å². The van der Waals surface area contributed by atoms with Crippen molar-refractivity contribution in [2.45, 2.75) is 19.4 Å². The summed E-state index contributed by atoms with van der Waals surface area (Å²) in [6, 6.07) is 15.5. The van der Waals surface area contributed by atoms with Crippen LogP contribution in [0.25, 0.3) is 0 Å². The van der Waals surface area contributed by atoms with Crippen molar-refractivity contribution in [2.75, 3.05) is 5.33 Å². The lowest BCUT2D eigenvalue weighted by atomic mass is 10.1. The fraction of sp³-hybridized carbons (Fsp3) is 0.235. The molecule has 0 fully saturated rings. The van der Waals surface area contributed by atoms with Gasteiger partial charge in [0.2, 0.25) is 0 Å². The van der Waals surface area contributed by atoms with Gasteiger partial charge in [-0.1, -0.05) is 57.9 Å². The molecule has 0 spiro atoms. The molecule has 1 atom stereocenters. The Labute approximate surface area is 138 Å². The number of alkyl halides is 1. The van der Waals surface area contributed by atoms with Gasteiger partial charge in [0.15, 0.2) is 0 Å². The van der Waals surface area contributed by atoms with Crippen LogP contribution in [0.15, 0.2) is 48.5 Å². The average Bonchev–Trinajstić information content (AvgIpc) is 2.46. The van der Waals surface area contributed by atoms with Crippen molar-refractivity contribution < 1.29 is 4.79 Å². The van der Waals surface area contributed by atoms with Gasteiger partial charge in [0.25, 0.3) is 5.91 Å². The van der Waals surface area contributed by atoms with Crippen molar-refractivity contribution in [1.82, 2.24) is 5.32 Å². The van der Waals surface area contributed by atoms with Gasteiger partial charge in [0, 0.05) is 22.0 Å². The summed E-state index contributed by atoms with van der Waals surface area (Å²) >= 11 is 9.47. The molecule has 110 valence electrons. The maximum atomic E-state index is 12.3. The van der Waals surface area contributed by atoms with Crippen LogP contribution in [-0.4, -0.2) is 17.3 Å². The zero-order valence-electron chi connectivity index (χ0n) is 11.8. The monoisotopic (exact) mass is 365 g/mol. The number of hydrogen-bond acceptors (Lipinski definition) is 1. The molecule has 2 nitrogen and oxygen atoms in total. The topological polar surface area (TPSA) is 29.1 Å². The van der Waals surface area contributed by atoms with Crippen molar-refractivity contribution in [3.63, 3.8) is 0 Å². The van der Waals surface area contributed by atoms with E-state index in [0.717, 1.165) is 12.0 Å². The van der Waals surface area contributed by atoms with E-state index in [2.05, 4.69) is 33.4 Å². The van der Waals surface area contributed by atoms with E-state index in [1.165, 1.54) is 5.56 Å². The lowest BCUT2D eigenvalue weighted by molar-refractivity contribution is 0.0941. The van der Waals surface area contributed by atoms with Gasteiger partial charge >= 0.3 is 0 Å². The molecule has 0 aliphatic carbocycles. The Hall–Kier alpha value is -1.32. The molecular weight excluding hydrogens is 350 g/mol. The van der Waals surface area contributed by atoms with E-state index in [-0.39, 0.29) is 11.9 Å². The second-order valence-electron chi connectivity index (χ2n) is 5.03. The number of hydrogen-bond donors (Lipinski definition) is 1. The number of amides is 1. The molecule has 4 heteroatoms. The van der Waals surface area contributed by atoms with Crippen molar-refractivity contribution in [3.05, 3.63) is 70.2 Å². The van der Waals surface area contributed by atoms with Crippen molar-refractivity contribution >= 4 is 33.4 Å². The van der Waals surface area contributed by atoms with Crippen LogP contribution in [0.2, 0.25) is 5.02 Å². The fourth-order valence-corrected chi connectivity index (χ4v) is 2.86. The molecule has 2 aromatic carbocycles. The van der Waals surface area contributed by atoms with Crippen LogP contribution in [0.4, 0.5) is 0 Å². The van der Waals surface area contributed by atoms with Crippen molar-refractivity contribution in [2.24, 2.45) is 0 Å². The average molecular weight is 367 g/mol. The van der Waals surface area contributed by atoms with Crippen molar-refractivity contribution in [3.8, 4) is 0 Å². The van der Waals surface area contributed by atoms with E-state index in [1.54, 1.807) is 6.07 Å². The molecule has 0 aliphatic heterocycles. The summed E-state index contributed by atoms with van der Waals surface area (Å²) in [4.78, 5) is 12.3. The van der Waals surface area contributed by atoms with E-state index in [4.69, 9.17) is 11.6 Å². The first kappa shape index (κ1) is 16.1. The van der Waals surface area contributed by atoms with Crippen molar-refractivity contribution in [1.29, 1.82) is 0 Å². The second-order valence-corrected chi connectivity index (χ2v) is 6.12. The third kappa shape index (κ3) is 4.87. The van der Waals surface area contributed by atoms with Gasteiger partial charge in [-0.3, -0.25) is 4.79 Å². The lowest BCUT2D eigenvalue weighted by Gasteiger charge is -2.16. The molecule has 2 aromatic rings. The molecule has 1 amide bonds. The fourth-order valence-electron chi connectivity index (χ4n) is 2.18. The highest BCUT2D eigenvalue weighted by atomic mass is 79.9. The quantitative estimate of drug-likeness (QED) is 0.782. The standard InChI is InChI=1S/C17H17BrClNO/c1-12-7-14(10-15(19)8-12)17(21)20-16(11-18)9-13-5-3-2-4-6-13/h2-8,10,16H,9,11H2,1H3,(H,20,21). The van der Waals surface area contributed by atoms with E-state index >= 15 is 0 Å². The Balaban J connectivity index is 2.05. The third-order valence-electron chi connectivity index (χ3n) is 3.15. The van der Waals surface area contributed by atoms with Crippen LogP contribution in [0, 0.1) is 6.92 Å². The smallest absolute Gasteiger partial charge is 0.251 e. The van der Waals surface area contributed by atoms with Gasteiger partial charge in [-0.15, -0.1) is 0 Å². The molecule has 1 N–H and O–H groups in total. The minimum atomic E-state index is -0.0963. The summed E-state index contributed by atoms with van der Waals surface area (Å²) in [6.07, 6.45) is 0.789. The highest BCUT2D eigenvalue weighted by Gasteiger charge is 2.14. The minimum Gasteiger partial charge on any atom is -0.348 e. The largest absolute Gasteiger partial charge is 0.348 e. The van der Waals surface area contributed by atoms with Crippen LogP contribution >= 0.6 is 27.5 Å². The predicted molar refractivity (Wildman–Crippen MR) is 91.4 cm³/mol. The number of nitrogens with one attached hydrogen (secondary N) is 1. The molecular formula is C17H17BrClNO. The Morgan fingerprint density at radius 2 is 1.95 bits per heavy atom. The number of benzene rings is 2. The number of rotatable bonds is 5. The molecule has 0 heterocycles. The second kappa shape index (κ2) is 7.62. The van der Waals surface area contributed by atoms with E-state index in [9.17, 15) is 4.79 Å². The number of carbonyl (C=O) groups excluding carboxylic acids is 1.